The molecule has 0 unspecified atom stereocenters. The summed E-state index contributed by atoms with van der Waals surface area (Å²) in [5.41, 5.74) is 1.19. The van der Waals surface area contributed by atoms with Crippen molar-refractivity contribution in [1.82, 2.24) is 9.97 Å². The van der Waals surface area contributed by atoms with Crippen molar-refractivity contribution in [3.05, 3.63) is 82.9 Å². The highest BCUT2D eigenvalue weighted by molar-refractivity contribution is 6.08. The summed E-state index contributed by atoms with van der Waals surface area (Å²) in [6.07, 6.45) is -1.72. The van der Waals surface area contributed by atoms with Gasteiger partial charge in [0, 0.05) is 16.8 Å². The second-order valence-electron chi connectivity index (χ2n) is 6.54. The van der Waals surface area contributed by atoms with Crippen molar-refractivity contribution in [1.29, 1.82) is 0 Å². The van der Waals surface area contributed by atoms with E-state index in [9.17, 15) is 22.8 Å². The summed E-state index contributed by atoms with van der Waals surface area (Å²) < 4.78 is 38.6. The zero-order chi connectivity index (χ0) is 21.9. The number of anilines is 2. The highest BCUT2D eigenvalue weighted by Crippen LogP contribution is 2.29. The lowest BCUT2D eigenvalue weighted by Crippen LogP contribution is -2.17. The van der Waals surface area contributed by atoms with E-state index in [1.807, 2.05) is 0 Å². The molecule has 1 aromatic heterocycles. The molecule has 9 heteroatoms. The Hall–Kier alpha value is -3.75. The SMILES string of the molecule is Cc1ccc(NC(=O)c2cccc(C(F)(F)F)c2)cc1C(=O)Nc1cncnc1C. The Morgan fingerprint density at radius 1 is 0.967 bits per heavy atom. The van der Waals surface area contributed by atoms with Crippen LogP contribution >= 0.6 is 0 Å². The first-order chi connectivity index (χ1) is 14.1. The highest BCUT2D eigenvalue weighted by atomic mass is 19.4. The molecular weight excluding hydrogens is 397 g/mol. The number of halogens is 3. The summed E-state index contributed by atoms with van der Waals surface area (Å²) >= 11 is 0. The van der Waals surface area contributed by atoms with Gasteiger partial charge in [0.05, 0.1) is 23.1 Å². The predicted molar refractivity (Wildman–Crippen MR) is 105 cm³/mol. The molecule has 0 bridgehead atoms. The number of amides is 2. The maximum Gasteiger partial charge on any atom is 0.416 e. The van der Waals surface area contributed by atoms with Gasteiger partial charge in [0.25, 0.3) is 11.8 Å². The average molecular weight is 414 g/mol. The first-order valence-electron chi connectivity index (χ1n) is 8.82. The smallest absolute Gasteiger partial charge is 0.322 e. The van der Waals surface area contributed by atoms with Crippen LogP contribution in [0.2, 0.25) is 0 Å². The zero-order valence-electron chi connectivity index (χ0n) is 16.0. The summed E-state index contributed by atoms with van der Waals surface area (Å²) in [6.45, 7) is 3.44. The molecule has 30 heavy (non-hydrogen) atoms. The number of carbonyl (C=O) groups excluding carboxylic acids is 2. The van der Waals surface area contributed by atoms with Gasteiger partial charge in [-0.25, -0.2) is 9.97 Å². The van der Waals surface area contributed by atoms with Gasteiger partial charge in [-0.15, -0.1) is 0 Å². The zero-order valence-corrected chi connectivity index (χ0v) is 16.0. The lowest BCUT2D eigenvalue weighted by Gasteiger charge is -2.12. The minimum Gasteiger partial charge on any atom is -0.322 e. The van der Waals surface area contributed by atoms with Gasteiger partial charge < -0.3 is 10.6 Å². The van der Waals surface area contributed by atoms with E-state index in [-0.39, 0.29) is 11.3 Å². The maximum atomic E-state index is 12.9. The summed E-state index contributed by atoms with van der Waals surface area (Å²) in [5.74, 6) is -1.15. The molecule has 0 aliphatic rings. The Morgan fingerprint density at radius 3 is 2.43 bits per heavy atom. The van der Waals surface area contributed by atoms with Crippen LogP contribution in [0.4, 0.5) is 24.5 Å². The van der Waals surface area contributed by atoms with Crippen molar-refractivity contribution in [3.63, 3.8) is 0 Å². The van der Waals surface area contributed by atoms with Crippen LogP contribution in [0.5, 0.6) is 0 Å². The van der Waals surface area contributed by atoms with E-state index >= 15 is 0 Å². The molecule has 6 nitrogen and oxygen atoms in total. The number of alkyl halides is 3. The molecule has 0 fully saturated rings. The normalized spacial score (nSPS) is 11.1. The van der Waals surface area contributed by atoms with Gasteiger partial charge in [-0.3, -0.25) is 9.59 Å². The van der Waals surface area contributed by atoms with Crippen LogP contribution in [0, 0.1) is 13.8 Å². The Labute approximate surface area is 170 Å². The van der Waals surface area contributed by atoms with Gasteiger partial charge in [0.15, 0.2) is 0 Å². The Morgan fingerprint density at radius 2 is 1.73 bits per heavy atom. The highest BCUT2D eigenvalue weighted by Gasteiger charge is 2.30. The number of carbonyl (C=O) groups is 2. The van der Waals surface area contributed by atoms with Crippen molar-refractivity contribution in [2.75, 3.05) is 10.6 Å². The van der Waals surface area contributed by atoms with Crippen molar-refractivity contribution in [2.24, 2.45) is 0 Å². The second kappa shape index (κ2) is 8.32. The van der Waals surface area contributed by atoms with Crippen LogP contribution in [0.1, 0.15) is 37.5 Å². The molecule has 2 amide bonds. The first kappa shape index (κ1) is 21.0. The number of aromatic nitrogens is 2. The third-order valence-electron chi connectivity index (χ3n) is 4.35. The number of benzene rings is 2. The van der Waals surface area contributed by atoms with Crippen LogP contribution in [0.25, 0.3) is 0 Å². The molecule has 0 saturated carbocycles. The fourth-order valence-corrected chi connectivity index (χ4v) is 2.69. The third kappa shape index (κ3) is 4.80. The largest absolute Gasteiger partial charge is 0.416 e. The number of hydrogen-bond donors (Lipinski definition) is 2. The van der Waals surface area contributed by atoms with E-state index in [2.05, 4.69) is 20.6 Å². The molecule has 154 valence electrons. The lowest BCUT2D eigenvalue weighted by molar-refractivity contribution is -0.137. The average Bonchev–Trinajstić information content (AvgIpc) is 2.70. The molecule has 3 aromatic rings. The van der Waals surface area contributed by atoms with Gasteiger partial charge in [0.2, 0.25) is 0 Å². The van der Waals surface area contributed by atoms with Crippen LogP contribution < -0.4 is 10.6 Å². The minimum absolute atomic E-state index is 0.145. The van der Waals surface area contributed by atoms with E-state index < -0.39 is 23.6 Å². The van der Waals surface area contributed by atoms with Crippen molar-refractivity contribution in [2.45, 2.75) is 20.0 Å². The molecule has 0 aliphatic carbocycles. The van der Waals surface area contributed by atoms with E-state index in [1.54, 1.807) is 26.0 Å². The van der Waals surface area contributed by atoms with Gasteiger partial charge in [-0.2, -0.15) is 13.2 Å². The van der Waals surface area contributed by atoms with Gasteiger partial charge in [0.1, 0.15) is 6.33 Å². The molecule has 0 radical (unpaired) electrons. The summed E-state index contributed by atoms with van der Waals surface area (Å²) in [5, 5.41) is 5.23. The number of rotatable bonds is 4. The molecule has 0 atom stereocenters. The molecule has 2 aromatic carbocycles. The van der Waals surface area contributed by atoms with Gasteiger partial charge >= 0.3 is 6.18 Å². The Balaban J connectivity index is 1.81. The van der Waals surface area contributed by atoms with E-state index in [0.717, 1.165) is 18.2 Å². The van der Waals surface area contributed by atoms with Crippen molar-refractivity contribution >= 4 is 23.2 Å². The standard InChI is InChI=1S/C21H17F3N4O2/c1-12-6-7-16(9-17(12)20(30)28-18-10-25-11-26-13(18)2)27-19(29)14-4-3-5-15(8-14)21(22,23)24/h3-11H,1-2H3,(H,27,29)(H,28,30). The third-order valence-corrected chi connectivity index (χ3v) is 4.35. The minimum atomic E-state index is -4.55. The monoisotopic (exact) mass is 414 g/mol. The topological polar surface area (TPSA) is 84.0 Å². The molecule has 0 spiro atoms. The van der Waals surface area contributed by atoms with Crippen LogP contribution in [-0.2, 0) is 6.18 Å². The second-order valence-corrected chi connectivity index (χ2v) is 6.54. The molecule has 0 saturated heterocycles. The number of nitrogens with one attached hydrogen (secondary N) is 2. The predicted octanol–water partition coefficient (Wildman–Crippen LogP) is 4.62. The van der Waals surface area contributed by atoms with Gasteiger partial charge in [-0.1, -0.05) is 12.1 Å². The quantitative estimate of drug-likeness (QED) is 0.653. The summed E-state index contributed by atoms with van der Waals surface area (Å²) in [7, 11) is 0. The molecule has 3 rings (SSSR count). The Kier molecular flexibility index (Phi) is 5.81. The van der Waals surface area contributed by atoms with Crippen LogP contribution in [-0.4, -0.2) is 21.8 Å². The maximum absolute atomic E-state index is 12.9. The van der Waals surface area contributed by atoms with E-state index in [1.165, 1.54) is 24.7 Å². The lowest BCUT2D eigenvalue weighted by atomic mass is 10.1. The van der Waals surface area contributed by atoms with Crippen molar-refractivity contribution in [3.8, 4) is 0 Å². The molecule has 2 N–H and O–H groups in total. The van der Waals surface area contributed by atoms with E-state index in [4.69, 9.17) is 0 Å². The number of aryl methyl sites for hydroxylation is 2. The van der Waals surface area contributed by atoms with Gasteiger partial charge in [-0.05, 0) is 49.7 Å². The first-order valence-corrected chi connectivity index (χ1v) is 8.82. The summed E-state index contributed by atoms with van der Waals surface area (Å²) in [4.78, 5) is 32.9. The number of hydrogen-bond acceptors (Lipinski definition) is 4. The summed E-state index contributed by atoms with van der Waals surface area (Å²) in [6, 6.07) is 8.76. The van der Waals surface area contributed by atoms with E-state index in [0.29, 0.717) is 22.5 Å². The van der Waals surface area contributed by atoms with Crippen LogP contribution in [0.3, 0.4) is 0 Å². The Bertz CT molecular complexity index is 1110. The molecule has 0 aliphatic heterocycles. The van der Waals surface area contributed by atoms with Crippen LogP contribution in [0.15, 0.2) is 55.0 Å². The molecular formula is C21H17F3N4O2. The number of nitrogens with zero attached hydrogens (tertiary/aromatic N) is 2. The fraction of sp³-hybridized carbons (Fsp3) is 0.143. The molecule has 1 heterocycles. The van der Waals surface area contributed by atoms with Crippen molar-refractivity contribution < 1.29 is 22.8 Å². The fourth-order valence-electron chi connectivity index (χ4n) is 2.69.